The molecule has 5 nitrogen and oxygen atoms in total. The van der Waals surface area contributed by atoms with Gasteiger partial charge >= 0.3 is 0 Å². The molecule has 1 aromatic rings. The van der Waals surface area contributed by atoms with E-state index >= 15 is 0 Å². The lowest BCUT2D eigenvalue weighted by molar-refractivity contribution is 0.582. The molecule has 0 fully saturated rings. The SMILES string of the molecule is CCS(=O)(=O)CCn1nc(C)c(Br)c1N. The molecule has 0 amide bonds. The quantitative estimate of drug-likeness (QED) is 0.898. The first-order valence-corrected chi connectivity index (χ1v) is 7.17. The highest BCUT2D eigenvalue weighted by molar-refractivity contribution is 9.10. The Bertz CT molecular complexity index is 453. The summed E-state index contributed by atoms with van der Waals surface area (Å²) in [7, 11) is -2.97. The number of aromatic nitrogens is 2. The summed E-state index contributed by atoms with van der Waals surface area (Å²) in [5.74, 6) is 0.689. The third kappa shape index (κ3) is 2.94. The maximum atomic E-state index is 11.3. The molecule has 0 aromatic carbocycles. The first kappa shape index (κ1) is 12.5. The lowest BCUT2D eigenvalue weighted by Crippen LogP contribution is -2.16. The number of anilines is 1. The second-order valence-corrected chi connectivity index (χ2v) is 6.51. The van der Waals surface area contributed by atoms with E-state index in [0.717, 1.165) is 10.2 Å². The summed E-state index contributed by atoms with van der Waals surface area (Å²) in [6.45, 7) is 3.74. The molecule has 0 saturated heterocycles. The van der Waals surface area contributed by atoms with Crippen LogP contribution in [0.2, 0.25) is 0 Å². The van der Waals surface area contributed by atoms with Crippen molar-refractivity contribution >= 4 is 31.6 Å². The molecule has 0 aliphatic rings. The van der Waals surface area contributed by atoms with Gasteiger partial charge in [0.15, 0.2) is 9.84 Å². The molecule has 0 radical (unpaired) electrons. The molecule has 0 spiro atoms. The summed E-state index contributed by atoms with van der Waals surface area (Å²) in [4.78, 5) is 0. The minimum Gasteiger partial charge on any atom is -0.383 e. The number of nitrogens with two attached hydrogens (primary N) is 1. The van der Waals surface area contributed by atoms with Crippen molar-refractivity contribution in [3.8, 4) is 0 Å². The van der Waals surface area contributed by atoms with Crippen LogP contribution in [-0.4, -0.2) is 29.7 Å². The van der Waals surface area contributed by atoms with Crippen LogP contribution in [0.5, 0.6) is 0 Å². The Morgan fingerprint density at radius 1 is 1.53 bits per heavy atom. The zero-order chi connectivity index (χ0) is 11.6. The smallest absolute Gasteiger partial charge is 0.151 e. The number of hydrogen-bond acceptors (Lipinski definition) is 4. The summed E-state index contributed by atoms with van der Waals surface area (Å²) >= 11 is 3.28. The Labute approximate surface area is 97.7 Å². The average Bonchev–Trinajstić information content (AvgIpc) is 2.43. The zero-order valence-electron chi connectivity index (χ0n) is 8.70. The Morgan fingerprint density at radius 2 is 2.13 bits per heavy atom. The van der Waals surface area contributed by atoms with E-state index in [0.29, 0.717) is 12.4 Å². The van der Waals surface area contributed by atoms with E-state index in [1.807, 2.05) is 6.92 Å². The Hall–Kier alpha value is -0.560. The third-order valence-corrected chi connectivity index (χ3v) is 4.81. The van der Waals surface area contributed by atoms with Crippen molar-refractivity contribution in [3.63, 3.8) is 0 Å². The lowest BCUT2D eigenvalue weighted by atomic mass is 10.5. The molecule has 86 valence electrons. The van der Waals surface area contributed by atoms with Crippen LogP contribution >= 0.6 is 15.9 Å². The molecule has 15 heavy (non-hydrogen) atoms. The molecule has 7 heteroatoms. The molecular weight excluding hydrogens is 282 g/mol. The van der Waals surface area contributed by atoms with Gasteiger partial charge < -0.3 is 5.73 Å². The van der Waals surface area contributed by atoms with Crippen LogP contribution in [-0.2, 0) is 16.4 Å². The largest absolute Gasteiger partial charge is 0.383 e. The molecule has 0 saturated carbocycles. The number of nitrogens with zero attached hydrogens (tertiary/aromatic N) is 2. The summed E-state index contributed by atoms with van der Waals surface area (Å²) < 4.78 is 24.8. The van der Waals surface area contributed by atoms with Crippen LogP contribution in [0.25, 0.3) is 0 Å². The fraction of sp³-hybridized carbons (Fsp3) is 0.625. The highest BCUT2D eigenvalue weighted by atomic mass is 79.9. The van der Waals surface area contributed by atoms with E-state index in [1.54, 1.807) is 6.92 Å². The summed E-state index contributed by atoms with van der Waals surface area (Å²) in [6, 6.07) is 0. The summed E-state index contributed by atoms with van der Waals surface area (Å²) in [6.07, 6.45) is 0. The molecule has 0 unspecified atom stereocenters. The number of halogens is 1. The molecule has 0 bridgehead atoms. The van der Waals surface area contributed by atoms with Crippen molar-refractivity contribution in [3.05, 3.63) is 10.2 Å². The molecule has 0 aliphatic heterocycles. The summed E-state index contributed by atoms with van der Waals surface area (Å²) in [5, 5.41) is 4.13. The first-order valence-electron chi connectivity index (χ1n) is 4.56. The third-order valence-electron chi connectivity index (χ3n) is 2.15. The van der Waals surface area contributed by atoms with Crippen LogP contribution in [0.4, 0.5) is 5.82 Å². The molecule has 2 N–H and O–H groups in total. The Kier molecular flexibility index (Phi) is 3.77. The standard InChI is InChI=1S/C8H14BrN3O2S/c1-3-15(13,14)5-4-12-8(10)7(9)6(2)11-12/h3-5,10H2,1-2H3. The fourth-order valence-corrected chi connectivity index (χ4v) is 2.14. The van der Waals surface area contributed by atoms with Crippen molar-refractivity contribution in [2.24, 2.45) is 0 Å². The van der Waals surface area contributed by atoms with Gasteiger partial charge in [0.2, 0.25) is 0 Å². The van der Waals surface area contributed by atoms with Gasteiger partial charge in [-0.1, -0.05) is 6.92 Å². The topological polar surface area (TPSA) is 78.0 Å². The lowest BCUT2D eigenvalue weighted by Gasteiger charge is -2.03. The highest BCUT2D eigenvalue weighted by Gasteiger charge is 2.12. The van der Waals surface area contributed by atoms with Gasteiger partial charge in [0.1, 0.15) is 5.82 Å². The monoisotopic (exact) mass is 295 g/mol. The fourth-order valence-electron chi connectivity index (χ4n) is 1.12. The van der Waals surface area contributed by atoms with Gasteiger partial charge in [0.25, 0.3) is 0 Å². The minimum absolute atomic E-state index is 0.0707. The Morgan fingerprint density at radius 3 is 2.53 bits per heavy atom. The van der Waals surface area contributed by atoms with Gasteiger partial charge in [0.05, 0.1) is 22.5 Å². The van der Waals surface area contributed by atoms with Crippen molar-refractivity contribution in [2.45, 2.75) is 20.4 Å². The number of hydrogen-bond donors (Lipinski definition) is 1. The minimum atomic E-state index is -2.97. The van der Waals surface area contributed by atoms with Crippen molar-refractivity contribution in [2.75, 3.05) is 17.2 Å². The predicted molar refractivity (Wildman–Crippen MR) is 63.4 cm³/mol. The van der Waals surface area contributed by atoms with Gasteiger partial charge in [-0.25, -0.2) is 13.1 Å². The molecule has 0 aliphatic carbocycles. The summed E-state index contributed by atoms with van der Waals surface area (Å²) in [5.41, 5.74) is 6.50. The maximum absolute atomic E-state index is 11.3. The van der Waals surface area contributed by atoms with Gasteiger partial charge in [0, 0.05) is 5.75 Å². The second kappa shape index (κ2) is 4.52. The van der Waals surface area contributed by atoms with Gasteiger partial charge in [-0.15, -0.1) is 0 Å². The van der Waals surface area contributed by atoms with Crippen molar-refractivity contribution < 1.29 is 8.42 Å². The number of rotatable bonds is 4. The molecular formula is C8H14BrN3O2S. The van der Waals surface area contributed by atoms with E-state index in [2.05, 4.69) is 21.0 Å². The maximum Gasteiger partial charge on any atom is 0.151 e. The van der Waals surface area contributed by atoms with Gasteiger partial charge in [-0.3, -0.25) is 0 Å². The van der Waals surface area contributed by atoms with Crippen LogP contribution < -0.4 is 5.73 Å². The van der Waals surface area contributed by atoms with Crippen LogP contribution in [0.1, 0.15) is 12.6 Å². The zero-order valence-corrected chi connectivity index (χ0v) is 11.1. The van der Waals surface area contributed by atoms with Crippen LogP contribution in [0.15, 0.2) is 4.47 Å². The van der Waals surface area contributed by atoms with Crippen LogP contribution in [0.3, 0.4) is 0 Å². The highest BCUT2D eigenvalue weighted by Crippen LogP contribution is 2.22. The average molecular weight is 296 g/mol. The molecule has 0 atom stereocenters. The van der Waals surface area contributed by atoms with E-state index in [9.17, 15) is 8.42 Å². The normalized spacial score (nSPS) is 11.9. The number of sulfone groups is 1. The van der Waals surface area contributed by atoms with E-state index in [1.165, 1.54) is 4.68 Å². The first-order chi connectivity index (χ1) is 6.87. The van der Waals surface area contributed by atoms with E-state index < -0.39 is 9.84 Å². The van der Waals surface area contributed by atoms with E-state index in [-0.39, 0.29) is 11.5 Å². The van der Waals surface area contributed by atoms with Gasteiger partial charge in [-0.05, 0) is 22.9 Å². The predicted octanol–water partition coefficient (Wildman–Crippen LogP) is 0.971. The van der Waals surface area contributed by atoms with Crippen LogP contribution in [0, 0.1) is 6.92 Å². The van der Waals surface area contributed by atoms with Crippen molar-refractivity contribution in [1.29, 1.82) is 0 Å². The Balaban J connectivity index is 2.79. The molecule has 1 heterocycles. The molecule has 1 rings (SSSR count). The molecule has 1 aromatic heterocycles. The number of aryl methyl sites for hydroxylation is 2. The van der Waals surface area contributed by atoms with E-state index in [4.69, 9.17) is 5.73 Å². The number of nitrogen functional groups attached to an aromatic ring is 1. The second-order valence-electron chi connectivity index (χ2n) is 3.24. The van der Waals surface area contributed by atoms with Gasteiger partial charge in [-0.2, -0.15) is 5.10 Å². The van der Waals surface area contributed by atoms with Crippen molar-refractivity contribution in [1.82, 2.24) is 9.78 Å².